The van der Waals surface area contributed by atoms with Gasteiger partial charge in [0.1, 0.15) is 9.84 Å². The lowest BCUT2D eigenvalue weighted by Crippen LogP contribution is -2.20. The Hall–Kier alpha value is -0.130. The van der Waals surface area contributed by atoms with Crippen LogP contribution in [0.2, 0.25) is 0 Å². The molecule has 5 heteroatoms. The van der Waals surface area contributed by atoms with E-state index in [0.717, 1.165) is 13.1 Å². The second kappa shape index (κ2) is 6.39. The van der Waals surface area contributed by atoms with Crippen LogP contribution < -0.4 is 5.32 Å². The van der Waals surface area contributed by atoms with E-state index in [1.165, 1.54) is 6.26 Å². The summed E-state index contributed by atoms with van der Waals surface area (Å²) in [4.78, 5) is 0. The topological polar surface area (TPSA) is 55.4 Å². The van der Waals surface area contributed by atoms with Gasteiger partial charge in [0.2, 0.25) is 0 Å². The second-order valence-electron chi connectivity index (χ2n) is 2.60. The molecule has 0 aromatic carbocycles. The minimum atomic E-state index is -2.86. The maximum Gasteiger partial charge on any atom is 0.149 e. The van der Waals surface area contributed by atoms with Crippen molar-refractivity contribution in [1.82, 2.24) is 5.32 Å². The van der Waals surface area contributed by atoms with E-state index in [2.05, 4.69) is 5.32 Å². The van der Waals surface area contributed by atoms with Gasteiger partial charge < -0.3 is 10.1 Å². The van der Waals surface area contributed by atoms with E-state index in [9.17, 15) is 8.42 Å². The molecule has 0 spiro atoms. The third-order valence-electron chi connectivity index (χ3n) is 1.27. The van der Waals surface area contributed by atoms with Crippen molar-refractivity contribution in [3.8, 4) is 0 Å². The van der Waals surface area contributed by atoms with E-state index >= 15 is 0 Å². The first kappa shape index (κ1) is 11.9. The Morgan fingerprint density at radius 3 is 2.50 bits per heavy atom. The molecule has 0 bridgehead atoms. The van der Waals surface area contributed by atoms with Crippen LogP contribution in [-0.2, 0) is 14.6 Å². The molecule has 0 aromatic heterocycles. The molecule has 74 valence electrons. The van der Waals surface area contributed by atoms with Crippen molar-refractivity contribution in [2.45, 2.75) is 6.92 Å². The number of likely N-dealkylation sites (N-methyl/N-ethyl adjacent to an activating group) is 1. The Morgan fingerprint density at radius 2 is 2.00 bits per heavy atom. The molecule has 1 N–H and O–H groups in total. The molecule has 0 aliphatic rings. The van der Waals surface area contributed by atoms with E-state index in [1.54, 1.807) is 0 Å². The summed E-state index contributed by atoms with van der Waals surface area (Å²) in [5.74, 6) is 0.110. The lowest BCUT2D eigenvalue weighted by molar-refractivity contribution is 0.151. The first-order valence-electron chi connectivity index (χ1n) is 4.02. The maximum absolute atomic E-state index is 10.6. The standard InChI is InChI=1S/C7H17NO3S/c1-3-8-4-5-11-6-7-12(2,9)10/h8H,3-7H2,1-2H3. The summed E-state index contributed by atoms with van der Waals surface area (Å²) in [6, 6.07) is 0. The van der Waals surface area contributed by atoms with Gasteiger partial charge in [-0.3, -0.25) is 0 Å². The summed E-state index contributed by atoms with van der Waals surface area (Å²) in [5.41, 5.74) is 0. The van der Waals surface area contributed by atoms with E-state index in [-0.39, 0.29) is 5.75 Å². The molecule has 0 rings (SSSR count). The van der Waals surface area contributed by atoms with Crippen LogP contribution >= 0.6 is 0 Å². The largest absolute Gasteiger partial charge is 0.379 e. The molecular formula is C7H17NO3S. The average Bonchev–Trinajstić information content (AvgIpc) is 1.94. The fraction of sp³-hybridized carbons (Fsp3) is 1.00. The Morgan fingerprint density at radius 1 is 1.33 bits per heavy atom. The number of nitrogens with one attached hydrogen (secondary N) is 1. The van der Waals surface area contributed by atoms with Crippen molar-refractivity contribution in [1.29, 1.82) is 0 Å². The molecule has 0 fully saturated rings. The fourth-order valence-corrected chi connectivity index (χ4v) is 1.05. The quantitative estimate of drug-likeness (QED) is 0.565. The highest BCUT2D eigenvalue weighted by molar-refractivity contribution is 7.90. The summed E-state index contributed by atoms with van der Waals surface area (Å²) in [6.45, 7) is 4.57. The van der Waals surface area contributed by atoms with Crippen LogP contribution in [0.5, 0.6) is 0 Å². The van der Waals surface area contributed by atoms with Crippen LogP contribution in [0.4, 0.5) is 0 Å². The van der Waals surface area contributed by atoms with Crippen molar-refractivity contribution in [3.05, 3.63) is 0 Å². The fourth-order valence-electron chi connectivity index (χ4n) is 0.633. The summed E-state index contributed by atoms with van der Waals surface area (Å²) < 4.78 is 26.3. The lowest BCUT2D eigenvalue weighted by atomic mass is 10.6. The molecule has 0 aliphatic heterocycles. The third-order valence-corrected chi connectivity index (χ3v) is 2.18. The summed E-state index contributed by atoms with van der Waals surface area (Å²) in [5, 5.41) is 3.07. The Bertz CT molecular complexity index is 189. The lowest BCUT2D eigenvalue weighted by Gasteiger charge is -2.02. The SMILES string of the molecule is CCNCCOCCS(C)(=O)=O. The molecule has 12 heavy (non-hydrogen) atoms. The van der Waals surface area contributed by atoms with Crippen LogP contribution in [0.3, 0.4) is 0 Å². The zero-order valence-corrected chi connectivity index (χ0v) is 8.49. The minimum Gasteiger partial charge on any atom is -0.379 e. The zero-order chi connectivity index (χ0) is 9.45. The number of sulfone groups is 1. The van der Waals surface area contributed by atoms with Crippen molar-refractivity contribution in [3.63, 3.8) is 0 Å². The highest BCUT2D eigenvalue weighted by Crippen LogP contribution is 1.83. The first-order valence-corrected chi connectivity index (χ1v) is 6.08. The molecule has 0 unspecified atom stereocenters. The van der Waals surface area contributed by atoms with E-state index < -0.39 is 9.84 Å². The third kappa shape index (κ3) is 9.87. The van der Waals surface area contributed by atoms with Crippen molar-refractivity contribution in [2.75, 3.05) is 38.3 Å². The number of rotatable bonds is 7. The van der Waals surface area contributed by atoms with Crippen LogP contribution in [-0.4, -0.2) is 46.7 Å². The predicted octanol–water partition coefficient (Wildman–Crippen LogP) is -0.343. The van der Waals surface area contributed by atoms with Crippen LogP contribution in [0, 0.1) is 0 Å². The van der Waals surface area contributed by atoms with E-state index in [1.807, 2.05) is 6.92 Å². The summed E-state index contributed by atoms with van der Waals surface area (Å²) in [7, 11) is -2.86. The first-order chi connectivity index (χ1) is 5.56. The number of hydrogen-bond donors (Lipinski definition) is 1. The van der Waals surface area contributed by atoms with Gasteiger partial charge in [-0.1, -0.05) is 6.92 Å². The normalized spacial score (nSPS) is 11.8. The maximum atomic E-state index is 10.6. The molecule has 4 nitrogen and oxygen atoms in total. The second-order valence-corrected chi connectivity index (χ2v) is 4.86. The highest BCUT2D eigenvalue weighted by Gasteiger charge is 2.00. The van der Waals surface area contributed by atoms with Crippen LogP contribution in [0.25, 0.3) is 0 Å². The smallest absolute Gasteiger partial charge is 0.149 e. The highest BCUT2D eigenvalue weighted by atomic mass is 32.2. The van der Waals surface area contributed by atoms with Gasteiger partial charge in [-0.25, -0.2) is 8.42 Å². The van der Waals surface area contributed by atoms with Gasteiger partial charge in [0.15, 0.2) is 0 Å². The Labute approximate surface area is 74.2 Å². The molecule has 0 heterocycles. The Kier molecular flexibility index (Phi) is 6.32. The monoisotopic (exact) mass is 195 g/mol. The van der Waals surface area contributed by atoms with Crippen LogP contribution in [0.15, 0.2) is 0 Å². The molecular weight excluding hydrogens is 178 g/mol. The minimum absolute atomic E-state index is 0.110. The molecule has 0 radical (unpaired) electrons. The molecule has 0 saturated heterocycles. The molecule has 0 aromatic rings. The van der Waals surface area contributed by atoms with Gasteiger partial charge in [0, 0.05) is 12.8 Å². The van der Waals surface area contributed by atoms with Crippen molar-refractivity contribution in [2.24, 2.45) is 0 Å². The van der Waals surface area contributed by atoms with Gasteiger partial charge >= 0.3 is 0 Å². The molecule has 0 aliphatic carbocycles. The van der Waals surface area contributed by atoms with Crippen LogP contribution in [0.1, 0.15) is 6.92 Å². The van der Waals surface area contributed by atoms with Gasteiger partial charge in [-0.15, -0.1) is 0 Å². The van der Waals surface area contributed by atoms with Crippen molar-refractivity contribution < 1.29 is 13.2 Å². The van der Waals surface area contributed by atoms with E-state index in [0.29, 0.717) is 13.2 Å². The van der Waals surface area contributed by atoms with Crippen molar-refractivity contribution >= 4 is 9.84 Å². The predicted molar refractivity (Wildman–Crippen MR) is 49.1 cm³/mol. The number of ether oxygens (including phenoxy) is 1. The molecule has 0 saturated carbocycles. The van der Waals surface area contributed by atoms with E-state index in [4.69, 9.17) is 4.74 Å². The molecule has 0 amide bonds. The van der Waals surface area contributed by atoms with Gasteiger partial charge in [-0.2, -0.15) is 0 Å². The van der Waals surface area contributed by atoms with Gasteiger partial charge in [-0.05, 0) is 6.54 Å². The Balaban J connectivity index is 3.12. The summed E-state index contributed by atoms with van der Waals surface area (Å²) >= 11 is 0. The average molecular weight is 195 g/mol. The molecule has 0 atom stereocenters. The number of hydrogen-bond acceptors (Lipinski definition) is 4. The van der Waals surface area contributed by atoms with Gasteiger partial charge in [0.25, 0.3) is 0 Å². The zero-order valence-electron chi connectivity index (χ0n) is 7.67. The summed E-state index contributed by atoms with van der Waals surface area (Å²) in [6.07, 6.45) is 1.21. The van der Waals surface area contributed by atoms with Gasteiger partial charge in [0.05, 0.1) is 19.0 Å².